The molecule has 0 aliphatic rings. The van der Waals surface area contributed by atoms with Gasteiger partial charge in [-0.2, -0.15) is 13.2 Å². The molecule has 130 valence electrons. The summed E-state index contributed by atoms with van der Waals surface area (Å²) in [5.41, 5.74) is -0.429. The first-order chi connectivity index (χ1) is 11.3. The predicted octanol–water partition coefficient (Wildman–Crippen LogP) is 2.68. The van der Waals surface area contributed by atoms with Crippen molar-refractivity contribution in [2.75, 3.05) is 0 Å². The van der Waals surface area contributed by atoms with Gasteiger partial charge in [0.05, 0.1) is 30.8 Å². The summed E-state index contributed by atoms with van der Waals surface area (Å²) in [6, 6.07) is 4.62. The molecule has 24 heavy (non-hydrogen) atoms. The topological polar surface area (TPSA) is 59.8 Å². The highest BCUT2D eigenvalue weighted by Gasteiger charge is 2.30. The molecule has 0 saturated heterocycles. The Morgan fingerprint density at radius 3 is 2.67 bits per heavy atom. The molecule has 1 unspecified atom stereocenters. The van der Waals surface area contributed by atoms with Crippen LogP contribution in [0.15, 0.2) is 36.7 Å². The highest BCUT2D eigenvalue weighted by molar-refractivity contribution is 5.78. The van der Waals surface area contributed by atoms with E-state index in [1.54, 1.807) is 17.1 Å². The van der Waals surface area contributed by atoms with Crippen molar-refractivity contribution in [2.45, 2.75) is 39.0 Å². The van der Waals surface area contributed by atoms with Gasteiger partial charge in [-0.1, -0.05) is 37.3 Å². The van der Waals surface area contributed by atoms with Crippen LogP contribution in [-0.2, 0) is 23.9 Å². The minimum Gasteiger partial charge on any atom is -0.351 e. The average Bonchev–Trinajstić information content (AvgIpc) is 2.99. The van der Waals surface area contributed by atoms with Crippen LogP contribution in [0.4, 0.5) is 13.2 Å². The van der Waals surface area contributed by atoms with E-state index in [0.29, 0.717) is 12.1 Å². The van der Waals surface area contributed by atoms with Gasteiger partial charge in [-0.3, -0.25) is 9.48 Å². The highest BCUT2D eigenvalue weighted by atomic mass is 19.4. The highest BCUT2D eigenvalue weighted by Crippen LogP contribution is 2.29. The van der Waals surface area contributed by atoms with E-state index in [9.17, 15) is 18.0 Å². The summed E-state index contributed by atoms with van der Waals surface area (Å²) in [6.45, 7) is 4.35. The number of nitrogens with one attached hydrogen (secondary N) is 1. The number of aromatic nitrogens is 3. The Labute approximate surface area is 137 Å². The largest absolute Gasteiger partial charge is 0.416 e. The first kappa shape index (κ1) is 18.0. The van der Waals surface area contributed by atoms with Crippen molar-refractivity contribution in [1.82, 2.24) is 20.3 Å². The molecule has 2 rings (SSSR count). The number of carbonyl (C=O) groups is 1. The lowest BCUT2D eigenvalue weighted by molar-refractivity contribution is -0.137. The number of carbonyl (C=O) groups excluding carboxylic acids is 1. The fourth-order valence-electron chi connectivity index (χ4n) is 2.26. The van der Waals surface area contributed by atoms with Gasteiger partial charge < -0.3 is 5.32 Å². The maximum absolute atomic E-state index is 12.7. The van der Waals surface area contributed by atoms with Crippen LogP contribution >= 0.6 is 0 Å². The Kier molecular flexibility index (Phi) is 5.58. The molecule has 2 aromatic rings. The number of alkyl halides is 3. The maximum Gasteiger partial charge on any atom is 0.416 e. The molecule has 0 bridgehead atoms. The minimum atomic E-state index is -4.42. The van der Waals surface area contributed by atoms with Crippen LogP contribution in [0.2, 0.25) is 0 Å². The number of nitrogens with zero attached hydrogens (tertiary/aromatic N) is 3. The smallest absolute Gasteiger partial charge is 0.351 e. The Balaban J connectivity index is 2.00. The van der Waals surface area contributed by atoms with Crippen molar-refractivity contribution < 1.29 is 18.0 Å². The fourth-order valence-corrected chi connectivity index (χ4v) is 2.26. The summed E-state index contributed by atoms with van der Waals surface area (Å²) in [4.78, 5) is 12.2. The van der Waals surface area contributed by atoms with Gasteiger partial charge >= 0.3 is 6.18 Å². The molecule has 0 aliphatic carbocycles. The van der Waals surface area contributed by atoms with Crippen LogP contribution in [0.25, 0.3) is 0 Å². The second-order valence-electron chi connectivity index (χ2n) is 5.92. The molecule has 5 nitrogen and oxygen atoms in total. The van der Waals surface area contributed by atoms with Crippen molar-refractivity contribution in [3.8, 4) is 0 Å². The van der Waals surface area contributed by atoms with Crippen LogP contribution in [-0.4, -0.2) is 26.9 Å². The summed E-state index contributed by atoms with van der Waals surface area (Å²) in [7, 11) is 0. The second-order valence-corrected chi connectivity index (χ2v) is 5.92. The van der Waals surface area contributed by atoms with Gasteiger partial charge in [0, 0.05) is 6.20 Å². The van der Waals surface area contributed by atoms with Gasteiger partial charge in [0.15, 0.2) is 0 Å². The van der Waals surface area contributed by atoms with E-state index in [-0.39, 0.29) is 24.3 Å². The third kappa shape index (κ3) is 5.07. The van der Waals surface area contributed by atoms with Gasteiger partial charge in [0.1, 0.15) is 0 Å². The maximum atomic E-state index is 12.7. The Morgan fingerprint density at radius 2 is 2.08 bits per heavy atom. The zero-order valence-corrected chi connectivity index (χ0v) is 13.4. The molecule has 1 aromatic carbocycles. The number of halogens is 3. The number of amides is 1. The monoisotopic (exact) mass is 340 g/mol. The molecular weight excluding hydrogens is 321 g/mol. The van der Waals surface area contributed by atoms with Crippen LogP contribution < -0.4 is 5.32 Å². The molecule has 1 heterocycles. The molecule has 0 saturated carbocycles. The summed E-state index contributed by atoms with van der Waals surface area (Å²) in [5.74, 6) is -0.187. The molecule has 1 aromatic heterocycles. The Hall–Kier alpha value is -2.38. The summed E-state index contributed by atoms with van der Waals surface area (Å²) < 4.78 is 39.8. The van der Waals surface area contributed by atoms with Gasteiger partial charge in [0.25, 0.3) is 0 Å². The molecule has 0 fully saturated rings. The van der Waals surface area contributed by atoms with Gasteiger partial charge in [-0.25, -0.2) is 0 Å². The molecule has 0 spiro atoms. The zero-order valence-electron chi connectivity index (χ0n) is 13.4. The van der Waals surface area contributed by atoms with E-state index in [1.165, 1.54) is 12.1 Å². The SMILES string of the molecule is CC(C)C(Cn1ccnn1)NC(=O)Cc1cccc(C(F)(F)F)c1. The minimum absolute atomic E-state index is 0.107. The molecule has 0 aliphatic heterocycles. The van der Waals surface area contributed by atoms with Crippen LogP contribution in [0.5, 0.6) is 0 Å². The lowest BCUT2D eigenvalue weighted by atomic mass is 10.0. The standard InChI is InChI=1S/C16H19F3N4O/c1-11(2)14(10-23-7-6-20-22-23)21-15(24)9-12-4-3-5-13(8-12)16(17,18)19/h3-8,11,14H,9-10H2,1-2H3,(H,21,24). The number of benzene rings is 1. The van der Waals surface area contributed by atoms with Gasteiger partial charge in [-0.15, -0.1) is 5.10 Å². The second kappa shape index (κ2) is 7.46. The quantitative estimate of drug-likeness (QED) is 0.879. The van der Waals surface area contributed by atoms with Gasteiger partial charge in [0.2, 0.25) is 5.91 Å². The van der Waals surface area contributed by atoms with Gasteiger partial charge in [-0.05, 0) is 17.5 Å². The van der Waals surface area contributed by atoms with Crippen molar-refractivity contribution in [1.29, 1.82) is 0 Å². The summed E-state index contributed by atoms with van der Waals surface area (Å²) >= 11 is 0. The van der Waals surface area contributed by atoms with Crippen molar-refractivity contribution in [2.24, 2.45) is 5.92 Å². The average molecular weight is 340 g/mol. The van der Waals surface area contributed by atoms with Crippen LogP contribution in [0.1, 0.15) is 25.0 Å². The van der Waals surface area contributed by atoms with E-state index in [2.05, 4.69) is 15.6 Å². The van der Waals surface area contributed by atoms with Crippen molar-refractivity contribution in [3.05, 3.63) is 47.8 Å². The summed E-state index contributed by atoms with van der Waals surface area (Å²) in [5, 5.41) is 10.4. The first-order valence-electron chi connectivity index (χ1n) is 7.55. The number of hydrogen-bond donors (Lipinski definition) is 1. The zero-order chi connectivity index (χ0) is 17.7. The number of rotatable bonds is 6. The van der Waals surface area contributed by atoms with E-state index in [1.807, 2.05) is 13.8 Å². The molecule has 1 atom stereocenters. The molecular formula is C16H19F3N4O. The van der Waals surface area contributed by atoms with Crippen molar-refractivity contribution in [3.63, 3.8) is 0 Å². The van der Waals surface area contributed by atoms with Crippen LogP contribution in [0, 0.1) is 5.92 Å². The van der Waals surface area contributed by atoms with Crippen LogP contribution in [0.3, 0.4) is 0 Å². The van der Waals surface area contributed by atoms with E-state index < -0.39 is 11.7 Å². The molecule has 0 radical (unpaired) electrons. The first-order valence-corrected chi connectivity index (χ1v) is 7.55. The van der Waals surface area contributed by atoms with E-state index >= 15 is 0 Å². The third-order valence-corrected chi connectivity index (χ3v) is 3.63. The molecule has 1 amide bonds. The van der Waals surface area contributed by atoms with E-state index in [0.717, 1.165) is 12.1 Å². The number of hydrogen-bond acceptors (Lipinski definition) is 3. The Morgan fingerprint density at radius 1 is 1.33 bits per heavy atom. The Bertz CT molecular complexity index is 668. The van der Waals surface area contributed by atoms with E-state index in [4.69, 9.17) is 0 Å². The molecule has 1 N–H and O–H groups in total. The fraction of sp³-hybridized carbons (Fsp3) is 0.438. The molecule has 8 heteroatoms. The third-order valence-electron chi connectivity index (χ3n) is 3.63. The predicted molar refractivity (Wildman–Crippen MR) is 81.9 cm³/mol. The lowest BCUT2D eigenvalue weighted by Crippen LogP contribution is -2.42. The summed E-state index contributed by atoms with van der Waals surface area (Å²) in [6.07, 6.45) is -1.29. The van der Waals surface area contributed by atoms with Crippen molar-refractivity contribution >= 4 is 5.91 Å². The lowest BCUT2D eigenvalue weighted by Gasteiger charge is -2.22. The normalized spacial score (nSPS) is 13.1.